The monoisotopic (exact) mass is 344 g/mol. The first-order valence-electron chi connectivity index (χ1n) is 8.20. The highest BCUT2D eigenvalue weighted by Crippen LogP contribution is 2.14. The van der Waals surface area contributed by atoms with Crippen LogP contribution in [0.3, 0.4) is 0 Å². The number of carbonyl (C=O) groups excluding carboxylic acids is 2. The van der Waals surface area contributed by atoms with Gasteiger partial charge in [-0.15, -0.1) is 0 Å². The van der Waals surface area contributed by atoms with Crippen LogP contribution in [-0.4, -0.2) is 49.6 Å². The first-order chi connectivity index (χ1) is 12.1. The molecule has 0 saturated carbocycles. The number of amides is 1. The van der Waals surface area contributed by atoms with E-state index in [2.05, 4.69) is 10.1 Å². The lowest BCUT2D eigenvalue weighted by Gasteiger charge is -2.31. The molecule has 0 radical (unpaired) electrons. The second kappa shape index (κ2) is 7.48. The van der Waals surface area contributed by atoms with Crippen molar-refractivity contribution in [3.63, 3.8) is 0 Å². The van der Waals surface area contributed by atoms with Crippen LogP contribution >= 0.6 is 0 Å². The van der Waals surface area contributed by atoms with E-state index in [0.29, 0.717) is 36.9 Å². The average molecular weight is 344 g/mol. The second-order valence-corrected chi connectivity index (χ2v) is 6.09. The summed E-state index contributed by atoms with van der Waals surface area (Å²) in [7, 11) is 1.37. The van der Waals surface area contributed by atoms with E-state index in [0.717, 1.165) is 0 Å². The molecule has 0 spiro atoms. The molecule has 1 fully saturated rings. The van der Waals surface area contributed by atoms with Gasteiger partial charge < -0.3 is 14.5 Å². The number of ether oxygens (including phenoxy) is 1. The molecular weight excluding hydrogens is 324 g/mol. The van der Waals surface area contributed by atoms with Crippen molar-refractivity contribution in [3.05, 3.63) is 46.3 Å². The van der Waals surface area contributed by atoms with Crippen LogP contribution < -0.4 is 10.9 Å². The number of benzene rings is 1. The molecule has 7 heteroatoms. The maximum atomic E-state index is 12.4. The number of likely N-dealkylation sites (tertiary alicyclic amines) is 1. The minimum atomic E-state index is -0.640. The predicted molar refractivity (Wildman–Crippen MR) is 91.4 cm³/mol. The molecule has 132 valence electrons. The van der Waals surface area contributed by atoms with Gasteiger partial charge >= 0.3 is 11.6 Å². The van der Waals surface area contributed by atoms with Crippen LogP contribution in [0.5, 0.6) is 0 Å². The van der Waals surface area contributed by atoms with Crippen molar-refractivity contribution in [1.29, 1.82) is 0 Å². The molecule has 1 aliphatic heterocycles. The maximum Gasteiger partial charge on any atom is 0.349 e. The largest absolute Gasteiger partial charge is 0.468 e. The summed E-state index contributed by atoms with van der Waals surface area (Å²) in [5, 5.41) is 3.60. The van der Waals surface area contributed by atoms with E-state index < -0.39 is 11.5 Å². The zero-order valence-corrected chi connectivity index (χ0v) is 14.0. The molecule has 1 aromatic carbocycles. The highest BCUT2D eigenvalue weighted by Gasteiger charge is 2.24. The lowest BCUT2D eigenvalue weighted by molar-refractivity contribution is -0.142. The molecule has 0 atom stereocenters. The van der Waals surface area contributed by atoms with Crippen molar-refractivity contribution >= 4 is 22.8 Å². The minimum absolute atomic E-state index is 0.00990. The van der Waals surface area contributed by atoms with Crippen LogP contribution in [0.2, 0.25) is 0 Å². The van der Waals surface area contributed by atoms with Gasteiger partial charge in [0.25, 0.3) is 5.91 Å². The van der Waals surface area contributed by atoms with Crippen molar-refractivity contribution in [2.24, 2.45) is 0 Å². The van der Waals surface area contributed by atoms with Gasteiger partial charge in [0, 0.05) is 24.5 Å². The van der Waals surface area contributed by atoms with Crippen LogP contribution in [0.15, 0.2) is 39.5 Å². The number of nitrogens with one attached hydrogen (secondary N) is 1. The molecule has 2 aromatic rings. The van der Waals surface area contributed by atoms with E-state index in [1.807, 2.05) is 11.0 Å². The highest BCUT2D eigenvalue weighted by atomic mass is 16.5. The van der Waals surface area contributed by atoms with Crippen molar-refractivity contribution in [2.75, 3.05) is 26.7 Å². The Morgan fingerprint density at radius 1 is 1.28 bits per heavy atom. The fourth-order valence-electron chi connectivity index (χ4n) is 2.97. The topological polar surface area (TPSA) is 88.8 Å². The molecule has 1 aromatic heterocycles. The molecule has 1 aliphatic rings. The van der Waals surface area contributed by atoms with Crippen LogP contribution in [0.4, 0.5) is 0 Å². The molecule has 0 unspecified atom stereocenters. The van der Waals surface area contributed by atoms with E-state index in [1.165, 1.54) is 7.11 Å². The molecule has 1 saturated heterocycles. The summed E-state index contributed by atoms with van der Waals surface area (Å²) >= 11 is 0. The smallest absolute Gasteiger partial charge is 0.349 e. The van der Waals surface area contributed by atoms with Crippen molar-refractivity contribution in [2.45, 2.75) is 18.9 Å². The first kappa shape index (κ1) is 17.2. The number of nitrogens with zero attached hydrogens (tertiary/aromatic N) is 1. The predicted octanol–water partition coefficient (Wildman–Crippen LogP) is 1.16. The first-order valence-corrected chi connectivity index (χ1v) is 8.20. The maximum absolute atomic E-state index is 12.4. The quantitative estimate of drug-likeness (QED) is 0.661. The normalized spacial score (nSPS) is 15.9. The Labute approximate surface area is 144 Å². The summed E-state index contributed by atoms with van der Waals surface area (Å²) in [4.78, 5) is 37.7. The fraction of sp³-hybridized carbons (Fsp3) is 0.389. The molecule has 1 N–H and O–H groups in total. The van der Waals surface area contributed by atoms with Gasteiger partial charge in [0.15, 0.2) is 0 Å². The number of esters is 1. The summed E-state index contributed by atoms with van der Waals surface area (Å²) in [6.07, 6.45) is 1.42. The fourth-order valence-corrected chi connectivity index (χ4v) is 2.97. The van der Waals surface area contributed by atoms with Crippen LogP contribution in [0, 0.1) is 0 Å². The molecule has 0 aliphatic carbocycles. The standard InChI is InChI=1S/C18H20N2O5/c1-24-16(21)11-20-8-6-13(7-9-20)19-17(22)14-10-12-4-2-3-5-15(12)25-18(14)23/h2-5,10,13H,6-9,11H2,1H3,(H,19,22). The average Bonchev–Trinajstić information content (AvgIpc) is 2.62. The van der Waals surface area contributed by atoms with Gasteiger partial charge in [-0.3, -0.25) is 14.5 Å². The van der Waals surface area contributed by atoms with E-state index in [-0.39, 0.29) is 24.1 Å². The molecule has 25 heavy (non-hydrogen) atoms. The van der Waals surface area contributed by atoms with E-state index in [4.69, 9.17) is 4.42 Å². The summed E-state index contributed by atoms with van der Waals surface area (Å²) in [6.45, 7) is 1.63. The molecular formula is C18H20N2O5. The van der Waals surface area contributed by atoms with Crippen LogP contribution in [0.25, 0.3) is 11.0 Å². The van der Waals surface area contributed by atoms with Crippen molar-refractivity contribution in [3.8, 4) is 0 Å². The third-order valence-electron chi connectivity index (χ3n) is 4.39. The number of fused-ring (bicyclic) bond motifs is 1. The lowest BCUT2D eigenvalue weighted by atomic mass is 10.0. The Hall–Kier alpha value is -2.67. The number of hydrogen-bond acceptors (Lipinski definition) is 6. The van der Waals surface area contributed by atoms with Gasteiger partial charge in [-0.1, -0.05) is 18.2 Å². The number of para-hydroxylation sites is 1. The molecule has 7 nitrogen and oxygen atoms in total. The van der Waals surface area contributed by atoms with E-state index >= 15 is 0 Å². The van der Waals surface area contributed by atoms with Gasteiger partial charge in [-0.2, -0.15) is 0 Å². The van der Waals surface area contributed by atoms with Crippen LogP contribution in [-0.2, 0) is 9.53 Å². The van der Waals surface area contributed by atoms with Gasteiger partial charge in [0.1, 0.15) is 11.1 Å². The van der Waals surface area contributed by atoms with Gasteiger partial charge in [-0.05, 0) is 25.0 Å². The Balaban J connectivity index is 1.63. The van der Waals surface area contributed by atoms with Crippen molar-refractivity contribution < 1.29 is 18.7 Å². The molecule has 0 bridgehead atoms. The van der Waals surface area contributed by atoms with Crippen molar-refractivity contribution in [1.82, 2.24) is 10.2 Å². The third kappa shape index (κ3) is 4.06. The Bertz CT molecular complexity index is 837. The van der Waals surface area contributed by atoms with Gasteiger partial charge in [0.05, 0.1) is 13.7 Å². The van der Waals surface area contributed by atoms with E-state index in [9.17, 15) is 14.4 Å². The lowest BCUT2D eigenvalue weighted by Crippen LogP contribution is -2.46. The molecule has 3 rings (SSSR count). The Morgan fingerprint density at radius 3 is 2.72 bits per heavy atom. The highest BCUT2D eigenvalue weighted by molar-refractivity contribution is 5.96. The number of rotatable bonds is 4. The van der Waals surface area contributed by atoms with Gasteiger partial charge in [0.2, 0.25) is 0 Å². The Kier molecular flexibility index (Phi) is 5.14. The summed E-state index contributed by atoms with van der Waals surface area (Å²) in [5.41, 5.74) is -0.171. The number of carbonyl (C=O) groups is 2. The molecule has 1 amide bonds. The van der Waals surface area contributed by atoms with Crippen LogP contribution in [0.1, 0.15) is 23.2 Å². The number of methoxy groups -OCH3 is 1. The molecule has 2 heterocycles. The SMILES string of the molecule is COC(=O)CN1CCC(NC(=O)c2cc3ccccc3oc2=O)CC1. The zero-order chi connectivity index (χ0) is 17.8. The summed E-state index contributed by atoms with van der Waals surface area (Å²) in [5.74, 6) is -0.692. The third-order valence-corrected chi connectivity index (χ3v) is 4.39. The second-order valence-electron chi connectivity index (χ2n) is 6.09. The Morgan fingerprint density at radius 2 is 2.00 bits per heavy atom. The van der Waals surface area contributed by atoms with E-state index in [1.54, 1.807) is 24.3 Å². The number of piperidine rings is 1. The zero-order valence-electron chi connectivity index (χ0n) is 14.0. The number of hydrogen-bond donors (Lipinski definition) is 1. The summed E-state index contributed by atoms with van der Waals surface area (Å²) < 4.78 is 9.86. The van der Waals surface area contributed by atoms with Gasteiger partial charge in [-0.25, -0.2) is 4.79 Å². The minimum Gasteiger partial charge on any atom is -0.468 e. The summed E-state index contributed by atoms with van der Waals surface area (Å²) in [6, 6.07) is 8.60.